The van der Waals surface area contributed by atoms with Crippen LogP contribution in [0.5, 0.6) is 0 Å². The lowest BCUT2D eigenvalue weighted by Crippen LogP contribution is -2.45. The van der Waals surface area contributed by atoms with Gasteiger partial charge in [0.2, 0.25) is 5.91 Å². The van der Waals surface area contributed by atoms with Crippen LogP contribution < -0.4 is 5.32 Å². The molecular formula is C19H26N2O. The third-order valence-corrected chi connectivity index (χ3v) is 4.90. The molecule has 1 aliphatic heterocycles. The summed E-state index contributed by atoms with van der Waals surface area (Å²) < 4.78 is 0. The number of nitrogens with zero attached hydrogens (tertiary/aromatic N) is 1. The number of rotatable bonds is 3. The molecule has 0 radical (unpaired) electrons. The van der Waals surface area contributed by atoms with Crippen molar-refractivity contribution < 1.29 is 4.79 Å². The van der Waals surface area contributed by atoms with Crippen molar-refractivity contribution in [3.05, 3.63) is 41.0 Å². The van der Waals surface area contributed by atoms with Crippen molar-refractivity contribution in [1.82, 2.24) is 4.90 Å². The van der Waals surface area contributed by atoms with Gasteiger partial charge in [0.05, 0.1) is 0 Å². The molecule has 1 amide bonds. The van der Waals surface area contributed by atoms with Crippen LogP contribution >= 0.6 is 0 Å². The van der Waals surface area contributed by atoms with E-state index >= 15 is 0 Å². The molecule has 3 rings (SSSR count). The number of aryl methyl sites for hydroxylation is 2. The van der Waals surface area contributed by atoms with Crippen molar-refractivity contribution in [1.29, 1.82) is 0 Å². The van der Waals surface area contributed by atoms with Gasteiger partial charge in [-0.25, -0.2) is 0 Å². The summed E-state index contributed by atoms with van der Waals surface area (Å²) in [5.41, 5.74) is 4.83. The summed E-state index contributed by atoms with van der Waals surface area (Å²) in [6.45, 7) is 6.00. The standard InChI is InChI=1S/C19H26N2O/c1-14-9-10-17(12-15(14)2)20-18-8-5-11-21(13-18)19(22)16-6-3-4-7-16/h6,9-10,12,18,20H,3-5,7-8,11,13H2,1-2H3/t18-/m0/s1. The summed E-state index contributed by atoms with van der Waals surface area (Å²) in [6.07, 6.45) is 7.52. The second-order valence-electron chi connectivity index (χ2n) is 6.66. The van der Waals surface area contributed by atoms with Gasteiger partial charge in [-0.2, -0.15) is 0 Å². The van der Waals surface area contributed by atoms with Crippen molar-refractivity contribution in [2.45, 2.75) is 52.0 Å². The molecule has 3 heteroatoms. The van der Waals surface area contributed by atoms with E-state index in [9.17, 15) is 4.79 Å². The SMILES string of the molecule is Cc1ccc(N[C@H]2CCCN(C(=O)C3=CCCC3)C2)cc1C. The fraction of sp³-hybridized carbons (Fsp3) is 0.526. The molecule has 1 aromatic rings. The third-order valence-electron chi connectivity index (χ3n) is 4.90. The number of benzene rings is 1. The highest BCUT2D eigenvalue weighted by molar-refractivity contribution is 5.93. The minimum atomic E-state index is 0.268. The average Bonchev–Trinajstić information content (AvgIpc) is 3.05. The summed E-state index contributed by atoms with van der Waals surface area (Å²) in [5.74, 6) is 0.268. The Labute approximate surface area is 133 Å². The van der Waals surface area contributed by atoms with Gasteiger partial charge >= 0.3 is 0 Å². The fourth-order valence-electron chi connectivity index (χ4n) is 3.41. The Balaban J connectivity index is 1.62. The van der Waals surface area contributed by atoms with Crippen LogP contribution in [0, 0.1) is 13.8 Å². The Bertz CT molecular complexity index is 591. The average molecular weight is 298 g/mol. The predicted octanol–water partition coefficient (Wildman–Crippen LogP) is 3.82. The molecule has 22 heavy (non-hydrogen) atoms. The number of hydrogen-bond donors (Lipinski definition) is 1. The zero-order valence-electron chi connectivity index (χ0n) is 13.7. The van der Waals surface area contributed by atoms with E-state index in [0.717, 1.165) is 50.8 Å². The van der Waals surface area contributed by atoms with Crippen molar-refractivity contribution in [3.63, 3.8) is 0 Å². The maximum absolute atomic E-state index is 12.5. The van der Waals surface area contributed by atoms with Gasteiger partial charge in [0.1, 0.15) is 0 Å². The molecule has 0 spiro atoms. The largest absolute Gasteiger partial charge is 0.381 e. The number of allylic oxidation sites excluding steroid dienone is 1. The molecule has 0 unspecified atom stereocenters. The van der Waals surface area contributed by atoms with E-state index in [0.29, 0.717) is 6.04 Å². The fourth-order valence-corrected chi connectivity index (χ4v) is 3.41. The highest BCUT2D eigenvalue weighted by Crippen LogP contribution is 2.23. The molecule has 1 fully saturated rings. The van der Waals surface area contributed by atoms with Gasteiger partial charge in [-0.15, -0.1) is 0 Å². The number of amides is 1. The van der Waals surface area contributed by atoms with Crippen LogP contribution in [0.1, 0.15) is 43.2 Å². The van der Waals surface area contributed by atoms with Gasteiger partial charge in [-0.3, -0.25) is 4.79 Å². The molecule has 1 heterocycles. The van der Waals surface area contributed by atoms with Gasteiger partial charge in [-0.1, -0.05) is 12.1 Å². The molecule has 118 valence electrons. The normalized spacial score (nSPS) is 21.6. The number of anilines is 1. The second kappa shape index (κ2) is 6.55. The molecule has 1 saturated heterocycles. The van der Waals surface area contributed by atoms with E-state index in [-0.39, 0.29) is 5.91 Å². The van der Waals surface area contributed by atoms with Crippen molar-refractivity contribution in [2.75, 3.05) is 18.4 Å². The Morgan fingerprint density at radius 1 is 1.23 bits per heavy atom. The number of likely N-dealkylation sites (tertiary alicyclic amines) is 1. The molecule has 0 bridgehead atoms. The van der Waals surface area contributed by atoms with Gasteiger partial charge in [0, 0.05) is 30.4 Å². The van der Waals surface area contributed by atoms with Crippen molar-refractivity contribution >= 4 is 11.6 Å². The Kier molecular flexibility index (Phi) is 4.51. The molecule has 3 nitrogen and oxygen atoms in total. The van der Waals surface area contributed by atoms with Crippen LogP contribution in [-0.2, 0) is 4.79 Å². The number of hydrogen-bond acceptors (Lipinski definition) is 2. The van der Waals surface area contributed by atoms with Gasteiger partial charge in [-0.05, 0) is 69.2 Å². The van der Waals surface area contributed by atoms with Crippen LogP contribution in [0.25, 0.3) is 0 Å². The molecule has 1 N–H and O–H groups in total. The third kappa shape index (κ3) is 3.34. The molecular weight excluding hydrogens is 272 g/mol. The second-order valence-corrected chi connectivity index (χ2v) is 6.66. The van der Waals surface area contributed by atoms with E-state index in [1.54, 1.807) is 0 Å². The summed E-state index contributed by atoms with van der Waals surface area (Å²) in [4.78, 5) is 14.6. The number of carbonyl (C=O) groups is 1. The summed E-state index contributed by atoms with van der Waals surface area (Å²) in [5, 5.41) is 3.61. The monoisotopic (exact) mass is 298 g/mol. The minimum absolute atomic E-state index is 0.268. The first kappa shape index (κ1) is 15.1. The topological polar surface area (TPSA) is 32.3 Å². The maximum Gasteiger partial charge on any atom is 0.249 e. The Hall–Kier alpha value is -1.77. The molecule has 2 aliphatic rings. The zero-order chi connectivity index (χ0) is 15.5. The van der Waals surface area contributed by atoms with Gasteiger partial charge < -0.3 is 10.2 Å². The molecule has 0 saturated carbocycles. The van der Waals surface area contributed by atoms with Crippen molar-refractivity contribution in [3.8, 4) is 0 Å². The first-order chi connectivity index (χ1) is 10.6. The molecule has 1 aromatic carbocycles. The Morgan fingerprint density at radius 2 is 2.09 bits per heavy atom. The maximum atomic E-state index is 12.5. The van der Waals surface area contributed by atoms with E-state index in [1.807, 2.05) is 4.90 Å². The molecule has 0 aromatic heterocycles. The number of piperidine rings is 1. The highest BCUT2D eigenvalue weighted by atomic mass is 16.2. The van der Waals surface area contributed by atoms with Crippen LogP contribution in [0.3, 0.4) is 0 Å². The molecule has 1 atom stereocenters. The van der Waals surface area contributed by atoms with Crippen LogP contribution in [0.15, 0.2) is 29.8 Å². The predicted molar refractivity (Wildman–Crippen MR) is 91.1 cm³/mol. The summed E-state index contributed by atoms with van der Waals surface area (Å²) in [7, 11) is 0. The smallest absolute Gasteiger partial charge is 0.249 e. The summed E-state index contributed by atoms with van der Waals surface area (Å²) in [6, 6.07) is 6.87. The Morgan fingerprint density at radius 3 is 2.82 bits per heavy atom. The molecule has 1 aliphatic carbocycles. The van der Waals surface area contributed by atoms with E-state index in [2.05, 4.69) is 43.4 Å². The van der Waals surface area contributed by atoms with Crippen LogP contribution in [0.2, 0.25) is 0 Å². The lowest BCUT2D eigenvalue weighted by atomic mass is 10.0. The first-order valence-corrected chi connectivity index (χ1v) is 8.45. The van der Waals surface area contributed by atoms with Crippen molar-refractivity contribution in [2.24, 2.45) is 0 Å². The lowest BCUT2D eigenvalue weighted by Gasteiger charge is -2.34. The van der Waals surface area contributed by atoms with E-state index < -0.39 is 0 Å². The minimum Gasteiger partial charge on any atom is -0.381 e. The van der Waals surface area contributed by atoms with Crippen LogP contribution in [-0.4, -0.2) is 29.9 Å². The zero-order valence-corrected chi connectivity index (χ0v) is 13.7. The lowest BCUT2D eigenvalue weighted by molar-refractivity contribution is -0.128. The summed E-state index contributed by atoms with van der Waals surface area (Å²) >= 11 is 0. The number of carbonyl (C=O) groups excluding carboxylic acids is 1. The van der Waals surface area contributed by atoms with E-state index in [1.165, 1.54) is 16.8 Å². The van der Waals surface area contributed by atoms with Gasteiger partial charge in [0.25, 0.3) is 0 Å². The van der Waals surface area contributed by atoms with Gasteiger partial charge in [0.15, 0.2) is 0 Å². The van der Waals surface area contributed by atoms with E-state index in [4.69, 9.17) is 0 Å². The van der Waals surface area contributed by atoms with Crippen LogP contribution in [0.4, 0.5) is 5.69 Å². The first-order valence-electron chi connectivity index (χ1n) is 8.45. The highest BCUT2D eigenvalue weighted by Gasteiger charge is 2.26. The number of nitrogens with one attached hydrogen (secondary N) is 1. The quantitative estimate of drug-likeness (QED) is 0.920.